The zero-order chi connectivity index (χ0) is 14.0. The number of carboxylic acids is 1. The van der Waals surface area contributed by atoms with Gasteiger partial charge in [0.05, 0.1) is 12.1 Å². The normalized spacial score (nSPS) is 12.4. The number of benzene rings is 1. The summed E-state index contributed by atoms with van der Waals surface area (Å²) in [5.41, 5.74) is 3.17. The number of aryl methyl sites for hydroxylation is 3. The van der Waals surface area contributed by atoms with Crippen LogP contribution in [0.5, 0.6) is 0 Å². The summed E-state index contributed by atoms with van der Waals surface area (Å²) in [4.78, 5) is 16.8. The lowest BCUT2D eigenvalue weighted by atomic mass is 9.95. The van der Waals surface area contributed by atoms with Gasteiger partial charge < -0.3 is 5.11 Å². The van der Waals surface area contributed by atoms with Gasteiger partial charge in [0.15, 0.2) is 0 Å². The first kappa shape index (κ1) is 13.7. The Bertz CT molecular complexity index is 567. The molecule has 1 N–H and O–H groups in total. The fourth-order valence-corrected chi connectivity index (χ4v) is 3.02. The van der Waals surface area contributed by atoms with Crippen molar-refractivity contribution in [1.29, 1.82) is 0 Å². The van der Waals surface area contributed by atoms with Crippen LogP contribution in [0.4, 0.5) is 0 Å². The van der Waals surface area contributed by atoms with Crippen LogP contribution < -0.4 is 0 Å². The molecule has 0 aliphatic heterocycles. The van der Waals surface area contributed by atoms with E-state index in [2.05, 4.69) is 4.98 Å². The van der Waals surface area contributed by atoms with Crippen LogP contribution in [0.15, 0.2) is 24.3 Å². The van der Waals surface area contributed by atoms with E-state index in [-0.39, 0.29) is 12.3 Å². The topological polar surface area (TPSA) is 50.2 Å². The van der Waals surface area contributed by atoms with E-state index in [9.17, 15) is 4.79 Å². The molecule has 1 heterocycles. The third-order valence-electron chi connectivity index (χ3n) is 3.20. The van der Waals surface area contributed by atoms with Gasteiger partial charge in [-0.2, -0.15) is 0 Å². The molecular formula is C15H17NO2S. The third-order valence-corrected chi connectivity index (χ3v) is 4.39. The van der Waals surface area contributed by atoms with Gasteiger partial charge in [-0.3, -0.25) is 4.79 Å². The molecule has 19 heavy (non-hydrogen) atoms. The van der Waals surface area contributed by atoms with Crippen molar-refractivity contribution in [2.45, 2.75) is 33.1 Å². The largest absolute Gasteiger partial charge is 0.481 e. The van der Waals surface area contributed by atoms with E-state index in [4.69, 9.17) is 5.11 Å². The van der Waals surface area contributed by atoms with Gasteiger partial charge in [0.1, 0.15) is 5.01 Å². The van der Waals surface area contributed by atoms with Gasteiger partial charge in [-0.15, -0.1) is 11.3 Å². The maximum atomic E-state index is 11.1. The SMILES string of the molecule is Cc1ccc(C(CC(=O)O)c2nc(C)c(C)s2)cc1. The van der Waals surface area contributed by atoms with Crippen LogP contribution in [-0.4, -0.2) is 16.1 Å². The van der Waals surface area contributed by atoms with Crippen LogP contribution >= 0.6 is 11.3 Å². The smallest absolute Gasteiger partial charge is 0.304 e. The van der Waals surface area contributed by atoms with Crippen molar-refractivity contribution >= 4 is 17.3 Å². The summed E-state index contributed by atoms with van der Waals surface area (Å²) in [5, 5.41) is 10.0. The Kier molecular flexibility index (Phi) is 4.00. The first-order chi connectivity index (χ1) is 8.97. The molecule has 1 aromatic carbocycles. The van der Waals surface area contributed by atoms with Crippen LogP contribution in [0.25, 0.3) is 0 Å². The Morgan fingerprint density at radius 2 is 1.89 bits per heavy atom. The number of thiazole rings is 1. The highest BCUT2D eigenvalue weighted by atomic mass is 32.1. The molecular weight excluding hydrogens is 258 g/mol. The minimum Gasteiger partial charge on any atom is -0.481 e. The molecule has 3 nitrogen and oxygen atoms in total. The molecule has 0 radical (unpaired) electrons. The van der Waals surface area contributed by atoms with Gasteiger partial charge in [-0.05, 0) is 26.3 Å². The third kappa shape index (κ3) is 3.20. The van der Waals surface area contributed by atoms with Gasteiger partial charge >= 0.3 is 5.97 Å². The molecule has 0 saturated carbocycles. The van der Waals surface area contributed by atoms with Crippen molar-refractivity contribution in [2.75, 3.05) is 0 Å². The van der Waals surface area contributed by atoms with Crippen molar-refractivity contribution in [1.82, 2.24) is 4.98 Å². The number of nitrogens with zero attached hydrogens (tertiary/aromatic N) is 1. The van der Waals surface area contributed by atoms with Crippen LogP contribution in [0, 0.1) is 20.8 Å². The standard InChI is InChI=1S/C15H17NO2S/c1-9-4-6-12(7-5-9)13(8-14(17)18)15-16-10(2)11(3)19-15/h4-7,13H,8H2,1-3H3,(H,17,18). The molecule has 1 aromatic heterocycles. The fraction of sp³-hybridized carbons (Fsp3) is 0.333. The average Bonchev–Trinajstić information content (AvgIpc) is 2.67. The number of carboxylic acid groups (broad SMARTS) is 1. The van der Waals surface area contributed by atoms with Crippen LogP contribution in [0.2, 0.25) is 0 Å². The van der Waals surface area contributed by atoms with E-state index in [1.807, 2.05) is 45.0 Å². The summed E-state index contributed by atoms with van der Waals surface area (Å²) in [6, 6.07) is 8.01. The van der Waals surface area contributed by atoms with Crippen LogP contribution in [-0.2, 0) is 4.79 Å². The number of rotatable bonds is 4. The molecule has 100 valence electrons. The summed E-state index contributed by atoms with van der Waals surface area (Å²) in [7, 11) is 0. The second kappa shape index (κ2) is 5.53. The number of hydrogen-bond donors (Lipinski definition) is 1. The molecule has 4 heteroatoms. The fourth-order valence-electron chi connectivity index (χ4n) is 1.97. The zero-order valence-corrected chi connectivity index (χ0v) is 12.1. The Hall–Kier alpha value is -1.68. The van der Waals surface area contributed by atoms with Crippen molar-refractivity contribution in [3.8, 4) is 0 Å². The molecule has 0 saturated heterocycles. The van der Waals surface area contributed by atoms with E-state index in [1.54, 1.807) is 11.3 Å². The monoisotopic (exact) mass is 275 g/mol. The van der Waals surface area contributed by atoms with E-state index in [0.717, 1.165) is 21.1 Å². The lowest BCUT2D eigenvalue weighted by Gasteiger charge is -2.12. The number of carbonyl (C=O) groups is 1. The van der Waals surface area contributed by atoms with E-state index in [1.165, 1.54) is 5.56 Å². The highest BCUT2D eigenvalue weighted by Gasteiger charge is 2.21. The molecule has 2 aromatic rings. The molecule has 1 unspecified atom stereocenters. The highest BCUT2D eigenvalue weighted by Crippen LogP contribution is 2.32. The first-order valence-electron chi connectivity index (χ1n) is 6.19. The molecule has 0 amide bonds. The summed E-state index contributed by atoms with van der Waals surface area (Å²) >= 11 is 1.59. The van der Waals surface area contributed by atoms with Crippen molar-refractivity contribution in [3.05, 3.63) is 51.0 Å². The predicted molar refractivity (Wildman–Crippen MR) is 76.9 cm³/mol. The van der Waals surface area contributed by atoms with E-state index < -0.39 is 5.97 Å². The van der Waals surface area contributed by atoms with Crippen LogP contribution in [0.1, 0.15) is 39.0 Å². The molecule has 0 bridgehead atoms. The minimum absolute atomic E-state index is 0.0788. The van der Waals surface area contributed by atoms with Crippen molar-refractivity contribution in [2.24, 2.45) is 0 Å². The van der Waals surface area contributed by atoms with Gasteiger partial charge in [0, 0.05) is 10.8 Å². The molecule has 0 fully saturated rings. The molecule has 0 aliphatic carbocycles. The summed E-state index contributed by atoms with van der Waals surface area (Å²) in [6.45, 7) is 6.00. The van der Waals surface area contributed by atoms with Gasteiger partial charge in [-0.25, -0.2) is 4.98 Å². The Balaban J connectivity index is 2.40. The highest BCUT2D eigenvalue weighted by molar-refractivity contribution is 7.11. The van der Waals surface area contributed by atoms with Gasteiger partial charge in [0.2, 0.25) is 0 Å². The maximum absolute atomic E-state index is 11.1. The summed E-state index contributed by atoms with van der Waals surface area (Å²) < 4.78 is 0. The second-order valence-corrected chi connectivity index (χ2v) is 5.99. The maximum Gasteiger partial charge on any atom is 0.304 e. The first-order valence-corrected chi connectivity index (χ1v) is 7.01. The van der Waals surface area contributed by atoms with Gasteiger partial charge in [0.25, 0.3) is 0 Å². The summed E-state index contributed by atoms with van der Waals surface area (Å²) in [6.07, 6.45) is 0.0788. The van der Waals surface area contributed by atoms with Crippen molar-refractivity contribution in [3.63, 3.8) is 0 Å². The molecule has 1 atom stereocenters. The summed E-state index contributed by atoms with van der Waals surface area (Å²) in [5.74, 6) is -0.952. The molecule has 2 rings (SSSR count). The zero-order valence-electron chi connectivity index (χ0n) is 11.3. The second-order valence-electron chi connectivity index (χ2n) is 4.75. The quantitative estimate of drug-likeness (QED) is 0.926. The van der Waals surface area contributed by atoms with E-state index >= 15 is 0 Å². The Labute approximate surface area is 116 Å². The number of hydrogen-bond acceptors (Lipinski definition) is 3. The number of aromatic nitrogens is 1. The molecule has 0 spiro atoms. The Morgan fingerprint density at radius 3 is 2.37 bits per heavy atom. The van der Waals surface area contributed by atoms with Crippen molar-refractivity contribution < 1.29 is 9.90 Å². The predicted octanol–water partition coefficient (Wildman–Crippen LogP) is 3.67. The van der Waals surface area contributed by atoms with Gasteiger partial charge in [-0.1, -0.05) is 29.8 Å². The number of aliphatic carboxylic acids is 1. The lowest BCUT2D eigenvalue weighted by molar-refractivity contribution is -0.137. The van der Waals surface area contributed by atoms with E-state index in [0.29, 0.717) is 0 Å². The minimum atomic E-state index is -0.795. The molecule has 0 aliphatic rings. The van der Waals surface area contributed by atoms with Crippen LogP contribution in [0.3, 0.4) is 0 Å². The Morgan fingerprint density at radius 1 is 1.26 bits per heavy atom. The lowest BCUT2D eigenvalue weighted by Crippen LogP contribution is -2.07. The average molecular weight is 275 g/mol.